The summed E-state index contributed by atoms with van der Waals surface area (Å²) >= 11 is 1.42. The summed E-state index contributed by atoms with van der Waals surface area (Å²) in [6, 6.07) is 13.3. The highest BCUT2D eigenvalue weighted by atomic mass is 32.2. The Kier molecular flexibility index (Phi) is 10.9. The molecule has 0 aliphatic carbocycles. The molecule has 1 heterocycles. The van der Waals surface area contributed by atoms with Gasteiger partial charge in [0.25, 0.3) is 0 Å². The van der Waals surface area contributed by atoms with Gasteiger partial charge in [-0.25, -0.2) is 0 Å². The molecule has 0 spiro atoms. The number of amides is 1. The van der Waals surface area contributed by atoms with Gasteiger partial charge in [0.1, 0.15) is 12.3 Å². The average Bonchev–Trinajstić information content (AvgIpc) is 3.36. The topological polar surface area (TPSA) is 53.9 Å². The lowest BCUT2D eigenvalue weighted by Crippen LogP contribution is -2.37. The van der Waals surface area contributed by atoms with Gasteiger partial charge in [-0.05, 0) is 54.7 Å². The number of aryl methyl sites for hydroxylation is 1. The van der Waals surface area contributed by atoms with Crippen molar-refractivity contribution in [1.82, 2.24) is 5.32 Å². The number of halogens is 8. The molecule has 0 saturated carbocycles. The number of unbranched alkanes of at least 4 members (excludes halogenated alkanes) is 1. The molecule has 14 heteroatoms. The molecule has 2 aromatic rings. The van der Waals surface area contributed by atoms with Crippen LogP contribution in [0.4, 0.5) is 40.8 Å². The molecule has 1 atom stereocenters. The number of benzene rings is 2. The van der Waals surface area contributed by atoms with Gasteiger partial charge in [0.2, 0.25) is 5.91 Å². The van der Waals surface area contributed by atoms with E-state index in [1.807, 2.05) is 24.3 Å². The molecule has 1 aliphatic rings. The van der Waals surface area contributed by atoms with Gasteiger partial charge in [-0.1, -0.05) is 36.0 Å². The number of nitrogens with one attached hydrogen (secondary N) is 1. The van der Waals surface area contributed by atoms with E-state index in [1.54, 1.807) is 19.2 Å². The van der Waals surface area contributed by atoms with Crippen molar-refractivity contribution in [1.29, 1.82) is 0 Å². The third-order valence-corrected chi connectivity index (χ3v) is 7.26. The summed E-state index contributed by atoms with van der Waals surface area (Å²) in [6.07, 6.45) is -12.3. The van der Waals surface area contributed by atoms with Gasteiger partial charge in [0.05, 0.1) is 13.2 Å². The maximum Gasteiger partial charge on any atom is 0.453 e. The number of ether oxygens (including phenoxy) is 1. The number of nitrogens with zero attached hydrogens (tertiary/aromatic N) is 2. The zero-order valence-corrected chi connectivity index (χ0v) is 22.8. The fourth-order valence-corrected chi connectivity index (χ4v) is 5.03. The number of amidine groups is 1. The first-order chi connectivity index (χ1) is 19.2. The zero-order valence-electron chi connectivity index (χ0n) is 22.0. The van der Waals surface area contributed by atoms with Crippen LogP contribution in [0.15, 0.2) is 53.5 Å². The van der Waals surface area contributed by atoms with Crippen molar-refractivity contribution in [3.63, 3.8) is 0 Å². The van der Waals surface area contributed by atoms with E-state index in [4.69, 9.17) is 4.74 Å². The smallest absolute Gasteiger partial charge is 0.453 e. The normalized spacial score (nSPS) is 15.9. The molecule has 1 N–H and O–H groups in total. The van der Waals surface area contributed by atoms with Crippen molar-refractivity contribution in [2.24, 2.45) is 4.99 Å². The molecule has 1 unspecified atom stereocenters. The highest BCUT2D eigenvalue weighted by Gasteiger charge is 2.56. The van der Waals surface area contributed by atoms with Crippen LogP contribution in [0.2, 0.25) is 0 Å². The lowest BCUT2D eigenvalue weighted by atomic mass is 10.1. The first-order valence-corrected chi connectivity index (χ1v) is 13.6. The quantitative estimate of drug-likeness (QED) is 0.202. The van der Waals surface area contributed by atoms with E-state index < -0.39 is 37.7 Å². The van der Waals surface area contributed by atoms with Crippen molar-refractivity contribution < 1.29 is 44.7 Å². The third-order valence-electron chi connectivity index (χ3n) is 6.29. The highest BCUT2D eigenvalue weighted by Crippen LogP contribution is 2.39. The van der Waals surface area contributed by atoms with E-state index >= 15 is 0 Å². The fourth-order valence-electron chi connectivity index (χ4n) is 4.06. The largest absolute Gasteiger partial charge is 0.497 e. The molecule has 226 valence electrons. The summed E-state index contributed by atoms with van der Waals surface area (Å²) < 4.78 is 108. The van der Waals surface area contributed by atoms with Crippen molar-refractivity contribution in [3.05, 3.63) is 59.7 Å². The SMILES string of the molecule is COc1ccc(C2CSC(NC(=O)CCc3ccc(N(CCCCC(F)(F)C(F)(F)F)CC(F)(F)F)cc3)=N2)cc1. The molecule has 2 aromatic carbocycles. The minimum absolute atomic E-state index is 0.102. The van der Waals surface area contributed by atoms with Crippen molar-refractivity contribution >= 4 is 28.5 Å². The molecule has 3 rings (SSSR count). The Hall–Kier alpha value is -3.03. The molecule has 0 radical (unpaired) electrons. The van der Waals surface area contributed by atoms with E-state index in [1.165, 1.54) is 23.9 Å². The molecule has 1 amide bonds. The number of anilines is 1. The first-order valence-electron chi connectivity index (χ1n) is 12.7. The second-order valence-corrected chi connectivity index (χ2v) is 10.5. The minimum Gasteiger partial charge on any atom is -0.497 e. The Labute approximate surface area is 236 Å². The summed E-state index contributed by atoms with van der Waals surface area (Å²) in [5, 5.41) is 3.27. The van der Waals surface area contributed by atoms with Crippen molar-refractivity contribution in [2.45, 2.75) is 56.4 Å². The monoisotopic (exact) mass is 611 g/mol. The van der Waals surface area contributed by atoms with E-state index in [9.17, 15) is 39.9 Å². The van der Waals surface area contributed by atoms with E-state index in [-0.39, 0.29) is 37.0 Å². The number of alkyl halides is 8. The fraction of sp³-hybridized carbons (Fsp3) is 0.481. The van der Waals surface area contributed by atoms with Crippen LogP contribution in [-0.4, -0.2) is 55.3 Å². The number of rotatable bonds is 12. The van der Waals surface area contributed by atoms with Crippen LogP contribution in [0, 0.1) is 0 Å². The van der Waals surface area contributed by atoms with Gasteiger partial charge in [-0.3, -0.25) is 9.79 Å². The van der Waals surface area contributed by atoms with Gasteiger partial charge in [-0.2, -0.15) is 35.1 Å². The minimum atomic E-state index is -5.70. The Morgan fingerprint density at radius 2 is 1.66 bits per heavy atom. The van der Waals surface area contributed by atoms with Crippen LogP contribution < -0.4 is 15.0 Å². The summed E-state index contributed by atoms with van der Waals surface area (Å²) in [4.78, 5) is 17.9. The van der Waals surface area contributed by atoms with E-state index in [0.29, 0.717) is 22.9 Å². The second-order valence-electron chi connectivity index (χ2n) is 9.44. The first kappa shape index (κ1) is 32.5. The maximum atomic E-state index is 13.1. The number of hydrogen-bond acceptors (Lipinski definition) is 5. The average molecular weight is 612 g/mol. The van der Waals surface area contributed by atoms with Crippen LogP contribution >= 0.6 is 11.8 Å². The predicted octanol–water partition coefficient (Wildman–Crippen LogP) is 7.32. The van der Waals surface area contributed by atoms with E-state index in [2.05, 4.69) is 10.3 Å². The van der Waals surface area contributed by atoms with Gasteiger partial charge in [0.15, 0.2) is 5.17 Å². The molecule has 5 nitrogen and oxygen atoms in total. The maximum absolute atomic E-state index is 13.1. The van der Waals surface area contributed by atoms with Crippen LogP contribution in [0.5, 0.6) is 5.75 Å². The molecular formula is C27H29F8N3O2S. The summed E-state index contributed by atoms with van der Waals surface area (Å²) in [6.45, 7) is -1.74. The van der Waals surface area contributed by atoms with Gasteiger partial charge < -0.3 is 15.0 Å². The van der Waals surface area contributed by atoms with Crippen molar-refractivity contribution in [3.8, 4) is 5.75 Å². The molecule has 0 aromatic heterocycles. The molecule has 41 heavy (non-hydrogen) atoms. The zero-order chi connectivity index (χ0) is 30.3. The van der Waals surface area contributed by atoms with Crippen LogP contribution in [-0.2, 0) is 11.2 Å². The Bertz CT molecular complexity index is 1170. The summed E-state index contributed by atoms with van der Waals surface area (Å²) in [5.41, 5.74) is 1.80. The third kappa shape index (κ3) is 10.1. The van der Waals surface area contributed by atoms with Gasteiger partial charge >= 0.3 is 18.3 Å². The molecule has 0 saturated heterocycles. The summed E-state index contributed by atoms with van der Waals surface area (Å²) in [5.74, 6) is -3.77. The Morgan fingerprint density at radius 3 is 2.24 bits per heavy atom. The van der Waals surface area contributed by atoms with Gasteiger partial charge in [-0.15, -0.1) is 0 Å². The highest BCUT2D eigenvalue weighted by molar-refractivity contribution is 8.14. The van der Waals surface area contributed by atoms with E-state index in [0.717, 1.165) is 16.2 Å². The number of carbonyl (C=O) groups excluding carboxylic acids is 1. The van der Waals surface area contributed by atoms with Crippen LogP contribution in [0.1, 0.15) is 42.9 Å². The number of carbonyl (C=O) groups is 1. The van der Waals surface area contributed by atoms with Gasteiger partial charge in [0, 0.05) is 30.8 Å². The lowest BCUT2D eigenvalue weighted by Gasteiger charge is -2.27. The summed E-state index contributed by atoms with van der Waals surface area (Å²) in [7, 11) is 1.58. The lowest BCUT2D eigenvalue weighted by molar-refractivity contribution is -0.284. The Balaban J connectivity index is 1.50. The molecule has 0 fully saturated rings. The number of methoxy groups -OCH3 is 1. The predicted molar refractivity (Wildman–Crippen MR) is 142 cm³/mol. The van der Waals surface area contributed by atoms with Crippen LogP contribution in [0.25, 0.3) is 0 Å². The second kappa shape index (κ2) is 13.8. The molecule has 1 aliphatic heterocycles. The number of hydrogen-bond donors (Lipinski definition) is 1. The van der Waals surface area contributed by atoms with Crippen molar-refractivity contribution in [2.75, 3.05) is 30.9 Å². The number of aliphatic imine (C=N–C) groups is 1. The molecular weight excluding hydrogens is 582 g/mol. The number of thioether (sulfide) groups is 1. The standard InChI is InChI=1S/C27H29F8N3O2S/c1-40-21-11-7-19(8-12-21)22-16-41-24(36-22)37-23(39)13-6-18-4-9-20(10-5-18)38(17-26(30,31)32)15-3-2-14-25(28,29)27(33,34)35/h4-5,7-12,22H,2-3,6,13-17H2,1H3,(H,36,37,39). The molecule has 0 bridgehead atoms. The van der Waals surface area contributed by atoms with Crippen LogP contribution in [0.3, 0.4) is 0 Å². The Morgan fingerprint density at radius 1 is 1.00 bits per heavy atom.